The zero-order valence-corrected chi connectivity index (χ0v) is 19.7. The van der Waals surface area contributed by atoms with E-state index in [0.29, 0.717) is 23.9 Å². The average molecular weight is 487 g/mol. The Morgan fingerprint density at radius 2 is 1.72 bits per heavy atom. The minimum absolute atomic E-state index is 0.0315. The molecule has 1 fully saturated rings. The van der Waals surface area contributed by atoms with Gasteiger partial charge in [0.1, 0.15) is 5.60 Å². The van der Waals surface area contributed by atoms with Crippen LogP contribution in [0.5, 0.6) is 0 Å². The number of piperidine rings is 1. The van der Waals surface area contributed by atoms with E-state index in [1.54, 1.807) is 40.9 Å². The van der Waals surface area contributed by atoms with Crippen LogP contribution < -0.4 is 5.73 Å². The number of amides is 1. The van der Waals surface area contributed by atoms with Crippen molar-refractivity contribution in [2.45, 2.75) is 55.5 Å². The summed E-state index contributed by atoms with van der Waals surface area (Å²) < 4.78 is 45.9. The number of benzene rings is 2. The Morgan fingerprint density at radius 3 is 2.25 bits per heavy atom. The number of rotatable bonds is 3. The number of alkyl halides is 3. The lowest BCUT2D eigenvalue weighted by molar-refractivity contribution is -0.137. The van der Waals surface area contributed by atoms with E-state index in [-0.39, 0.29) is 22.4 Å². The van der Waals surface area contributed by atoms with Gasteiger partial charge in [-0.25, -0.2) is 4.79 Å². The van der Waals surface area contributed by atoms with Crippen molar-refractivity contribution < 1.29 is 22.7 Å². The predicted molar refractivity (Wildman–Crippen MR) is 123 cm³/mol. The first kappa shape index (κ1) is 24.6. The van der Waals surface area contributed by atoms with Crippen LogP contribution in [0.3, 0.4) is 0 Å². The molecule has 4 nitrogen and oxygen atoms in total. The van der Waals surface area contributed by atoms with Crippen LogP contribution in [-0.2, 0) is 10.9 Å². The summed E-state index contributed by atoms with van der Waals surface area (Å²) in [7, 11) is 0. The molecule has 0 atom stereocenters. The van der Waals surface area contributed by atoms with Gasteiger partial charge in [-0.1, -0.05) is 23.7 Å². The summed E-state index contributed by atoms with van der Waals surface area (Å²) in [5.41, 5.74) is 4.47. The number of thioether (sulfide) groups is 1. The fraction of sp³-hybridized carbons (Fsp3) is 0.435. The van der Waals surface area contributed by atoms with Crippen LogP contribution >= 0.6 is 23.4 Å². The van der Waals surface area contributed by atoms with Gasteiger partial charge in [-0.2, -0.15) is 13.2 Å². The van der Waals surface area contributed by atoms with Crippen molar-refractivity contribution in [2.75, 3.05) is 18.8 Å². The Hall–Kier alpha value is -2.06. The first-order valence-electron chi connectivity index (χ1n) is 10.2. The molecule has 0 spiro atoms. The molecule has 0 unspecified atom stereocenters. The molecule has 1 heterocycles. The first-order chi connectivity index (χ1) is 14.8. The first-order valence-corrected chi connectivity index (χ1v) is 11.5. The Kier molecular flexibility index (Phi) is 7.25. The van der Waals surface area contributed by atoms with Crippen molar-refractivity contribution in [3.05, 3.63) is 47.0 Å². The normalized spacial score (nSPS) is 15.7. The van der Waals surface area contributed by atoms with Gasteiger partial charge < -0.3 is 15.4 Å². The lowest BCUT2D eigenvalue weighted by Crippen LogP contribution is -2.42. The van der Waals surface area contributed by atoms with Crippen LogP contribution in [-0.4, -0.2) is 34.9 Å². The van der Waals surface area contributed by atoms with Gasteiger partial charge in [-0.05, 0) is 63.4 Å². The zero-order chi connectivity index (χ0) is 23.7. The summed E-state index contributed by atoms with van der Waals surface area (Å²) in [6.07, 6.45) is -3.24. The predicted octanol–water partition coefficient (Wildman–Crippen LogP) is 7.10. The van der Waals surface area contributed by atoms with E-state index in [4.69, 9.17) is 22.1 Å². The number of likely N-dealkylation sites (tertiary alicyclic amines) is 1. The molecule has 0 aliphatic carbocycles. The van der Waals surface area contributed by atoms with Crippen LogP contribution in [0.1, 0.15) is 39.2 Å². The summed E-state index contributed by atoms with van der Waals surface area (Å²) in [5, 5.41) is 0.276. The zero-order valence-electron chi connectivity index (χ0n) is 18.1. The topological polar surface area (TPSA) is 55.6 Å². The Bertz CT molecular complexity index is 967. The lowest BCUT2D eigenvalue weighted by Gasteiger charge is -2.33. The number of halogens is 4. The summed E-state index contributed by atoms with van der Waals surface area (Å²) >= 11 is 7.78. The molecule has 0 aromatic heterocycles. The van der Waals surface area contributed by atoms with Gasteiger partial charge in [0, 0.05) is 34.5 Å². The maximum atomic E-state index is 13.5. The third kappa shape index (κ3) is 6.25. The summed E-state index contributed by atoms with van der Waals surface area (Å²) in [6.45, 7) is 6.74. The van der Waals surface area contributed by atoms with E-state index in [1.807, 2.05) is 20.8 Å². The van der Waals surface area contributed by atoms with Crippen molar-refractivity contribution in [2.24, 2.45) is 0 Å². The largest absolute Gasteiger partial charge is 0.444 e. The minimum Gasteiger partial charge on any atom is -0.444 e. The Balaban J connectivity index is 1.67. The van der Waals surface area contributed by atoms with E-state index >= 15 is 0 Å². The molecule has 1 amide bonds. The van der Waals surface area contributed by atoms with Gasteiger partial charge in [-0.3, -0.25) is 0 Å². The third-order valence-corrected chi connectivity index (χ3v) is 6.60. The van der Waals surface area contributed by atoms with E-state index in [2.05, 4.69) is 0 Å². The highest BCUT2D eigenvalue weighted by Crippen LogP contribution is 2.43. The van der Waals surface area contributed by atoms with Gasteiger partial charge in [0.05, 0.1) is 10.6 Å². The number of anilines is 1. The second-order valence-corrected chi connectivity index (χ2v) is 10.5. The highest BCUT2D eigenvalue weighted by molar-refractivity contribution is 8.00. The average Bonchev–Trinajstić information content (AvgIpc) is 2.67. The van der Waals surface area contributed by atoms with Crippen molar-refractivity contribution in [1.29, 1.82) is 0 Å². The van der Waals surface area contributed by atoms with Gasteiger partial charge in [0.2, 0.25) is 0 Å². The fourth-order valence-electron chi connectivity index (χ4n) is 3.52. The Labute approximate surface area is 195 Å². The van der Waals surface area contributed by atoms with E-state index in [0.717, 1.165) is 23.8 Å². The quantitative estimate of drug-likeness (QED) is 0.470. The second-order valence-electron chi connectivity index (χ2n) is 8.73. The molecule has 0 bridgehead atoms. The molecule has 1 saturated heterocycles. The number of carbonyl (C=O) groups excluding carboxylic acids is 1. The van der Waals surface area contributed by atoms with Gasteiger partial charge in [0.25, 0.3) is 0 Å². The molecule has 2 aromatic rings. The summed E-state index contributed by atoms with van der Waals surface area (Å²) in [6, 6.07) is 9.12. The highest BCUT2D eigenvalue weighted by atomic mass is 35.5. The van der Waals surface area contributed by atoms with Crippen LogP contribution in [0, 0.1) is 0 Å². The number of nitrogens with zero attached hydrogens (tertiary/aromatic N) is 1. The van der Waals surface area contributed by atoms with Crippen molar-refractivity contribution in [3.8, 4) is 11.1 Å². The van der Waals surface area contributed by atoms with Crippen LogP contribution in [0.25, 0.3) is 11.1 Å². The maximum Gasteiger partial charge on any atom is 0.417 e. The van der Waals surface area contributed by atoms with Crippen LogP contribution in [0.15, 0.2) is 41.3 Å². The number of ether oxygens (including phenoxy) is 1. The van der Waals surface area contributed by atoms with Gasteiger partial charge in [0.15, 0.2) is 0 Å². The lowest BCUT2D eigenvalue weighted by atomic mass is 9.98. The van der Waals surface area contributed by atoms with Crippen LogP contribution in [0.4, 0.5) is 23.7 Å². The van der Waals surface area contributed by atoms with Gasteiger partial charge in [-0.15, -0.1) is 11.8 Å². The molecule has 174 valence electrons. The van der Waals surface area contributed by atoms with Crippen molar-refractivity contribution >= 4 is 35.1 Å². The Morgan fingerprint density at radius 1 is 1.12 bits per heavy atom. The number of nitrogens with two attached hydrogens (primary N) is 1. The maximum absolute atomic E-state index is 13.5. The summed E-state index contributed by atoms with van der Waals surface area (Å²) in [5.74, 6) is 0. The monoisotopic (exact) mass is 486 g/mol. The number of hydrogen-bond acceptors (Lipinski definition) is 4. The minimum atomic E-state index is -4.57. The molecule has 9 heteroatoms. The molecule has 2 N–H and O–H groups in total. The molecular weight excluding hydrogens is 461 g/mol. The second kappa shape index (κ2) is 9.43. The standard InChI is InChI=1S/C23H26ClF3N2O2S/c1-22(2,3)31-21(30)29-10-8-17(9-11-29)32-16-6-4-14(5-7-16)20-18(23(25,26)27)12-15(28)13-19(20)24/h4-7,12-13,17H,8-11,28H2,1-3H3. The molecule has 0 radical (unpaired) electrons. The van der Waals surface area contributed by atoms with Crippen molar-refractivity contribution in [3.63, 3.8) is 0 Å². The molecule has 2 aromatic carbocycles. The number of hydrogen-bond donors (Lipinski definition) is 1. The van der Waals surface area contributed by atoms with E-state index in [1.165, 1.54) is 6.07 Å². The fourth-order valence-corrected chi connectivity index (χ4v) is 4.98. The molecule has 32 heavy (non-hydrogen) atoms. The highest BCUT2D eigenvalue weighted by Gasteiger charge is 2.35. The SMILES string of the molecule is CC(C)(C)OC(=O)N1CCC(Sc2ccc(-c3c(Cl)cc(N)cc3C(F)(F)F)cc2)CC1. The van der Waals surface area contributed by atoms with Crippen LogP contribution in [0.2, 0.25) is 5.02 Å². The smallest absolute Gasteiger partial charge is 0.417 e. The van der Waals surface area contributed by atoms with E-state index < -0.39 is 17.3 Å². The molecule has 3 rings (SSSR count). The molecule has 1 aliphatic rings. The number of carbonyl (C=O) groups is 1. The summed E-state index contributed by atoms with van der Waals surface area (Å²) in [4.78, 5) is 14.9. The third-order valence-electron chi connectivity index (χ3n) is 4.96. The molecule has 1 aliphatic heterocycles. The number of nitrogen functional groups attached to an aromatic ring is 1. The van der Waals surface area contributed by atoms with Crippen molar-refractivity contribution in [1.82, 2.24) is 4.90 Å². The van der Waals surface area contributed by atoms with Gasteiger partial charge >= 0.3 is 12.3 Å². The van der Waals surface area contributed by atoms with E-state index in [9.17, 15) is 18.0 Å². The molecule has 0 saturated carbocycles. The molecular formula is C23H26ClF3N2O2S.